The molecule has 4 N–H and O–H groups in total. The average molecular weight is 205 g/mol. The number of aliphatic hydroxyl groups is 4. The molecule has 8 heteroatoms. The molecule has 1 heterocycles. The van der Waals surface area contributed by atoms with Crippen molar-refractivity contribution in [1.82, 2.24) is 0 Å². The van der Waals surface area contributed by atoms with Crippen LogP contribution in [0.1, 0.15) is 0 Å². The van der Waals surface area contributed by atoms with Gasteiger partial charge >= 0.3 is 0 Å². The summed E-state index contributed by atoms with van der Waals surface area (Å²) in [6.07, 6.45) is -7.07. The van der Waals surface area contributed by atoms with Crippen molar-refractivity contribution in [3.8, 4) is 0 Å². The molecule has 0 aromatic carbocycles. The zero-order chi connectivity index (χ0) is 10.7. The molecule has 0 spiro atoms. The summed E-state index contributed by atoms with van der Waals surface area (Å²) in [4.78, 5) is 2.44. The quantitative estimate of drug-likeness (QED) is 0.237. The van der Waals surface area contributed by atoms with Crippen LogP contribution in [0, 0.1) is 0 Å². The highest BCUT2D eigenvalue weighted by molar-refractivity contribution is 4.89. The zero-order valence-electron chi connectivity index (χ0n) is 7.13. The Morgan fingerprint density at radius 3 is 2.36 bits per heavy atom. The largest absolute Gasteiger partial charge is 0.388 e. The van der Waals surface area contributed by atoms with Crippen LogP contribution in [0.25, 0.3) is 10.4 Å². The van der Waals surface area contributed by atoms with Gasteiger partial charge in [0.05, 0.1) is 12.6 Å². The van der Waals surface area contributed by atoms with E-state index in [1.807, 2.05) is 0 Å². The first-order valence-electron chi connectivity index (χ1n) is 3.96. The summed E-state index contributed by atoms with van der Waals surface area (Å²) in [5.41, 5.74) is 8.01. The van der Waals surface area contributed by atoms with E-state index in [-0.39, 0.29) is 6.54 Å². The Hall–Kier alpha value is -0.890. The predicted molar refractivity (Wildman–Crippen MR) is 42.9 cm³/mol. The van der Waals surface area contributed by atoms with Crippen molar-refractivity contribution in [1.29, 1.82) is 0 Å². The fourth-order valence-electron chi connectivity index (χ4n) is 1.20. The van der Waals surface area contributed by atoms with E-state index in [9.17, 15) is 10.2 Å². The molecule has 14 heavy (non-hydrogen) atoms. The highest BCUT2D eigenvalue weighted by Crippen LogP contribution is 2.19. The maximum absolute atomic E-state index is 9.32. The van der Waals surface area contributed by atoms with Crippen LogP contribution in [0.3, 0.4) is 0 Å². The summed E-state index contributed by atoms with van der Waals surface area (Å²) < 4.78 is 4.71. The van der Waals surface area contributed by atoms with Gasteiger partial charge < -0.3 is 25.2 Å². The Morgan fingerprint density at radius 1 is 1.14 bits per heavy atom. The second-order valence-corrected chi connectivity index (χ2v) is 2.95. The van der Waals surface area contributed by atoms with E-state index >= 15 is 0 Å². The minimum atomic E-state index is -1.59. The summed E-state index contributed by atoms with van der Waals surface area (Å²) in [5.74, 6) is 0. The summed E-state index contributed by atoms with van der Waals surface area (Å²) in [6.45, 7) is -0.224. The van der Waals surface area contributed by atoms with Gasteiger partial charge in [0.25, 0.3) is 0 Å². The molecule has 80 valence electrons. The summed E-state index contributed by atoms with van der Waals surface area (Å²) in [5, 5.41) is 39.8. The van der Waals surface area contributed by atoms with Gasteiger partial charge in [-0.1, -0.05) is 5.11 Å². The van der Waals surface area contributed by atoms with Crippen LogP contribution in [-0.2, 0) is 4.74 Å². The van der Waals surface area contributed by atoms with Crippen LogP contribution in [-0.4, -0.2) is 57.7 Å². The van der Waals surface area contributed by atoms with Crippen molar-refractivity contribution in [2.75, 3.05) is 6.54 Å². The van der Waals surface area contributed by atoms with Gasteiger partial charge in [-0.25, -0.2) is 0 Å². The molecular formula is C6H11N3O5. The lowest BCUT2D eigenvalue weighted by Crippen LogP contribution is -2.58. The highest BCUT2D eigenvalue weighted by Gasteiger charge is 2.42. The number of rotatable bonds is 2. The number of ether oxygens (including phenoxy) is 1. The number of nitrogens with zero attached hydrogens (tertiary/aromatic N) is 3. The van der Waals surface area contributed by atoms with Crippen LogP contribution in [0.15, 0.2) is 5.11 Å². The third-order valence-electron chi connectivity index (χ3n) is 2.01. The molecule has 0 radical (unpaired) electrons. The molecular weight excluding hydrogens is 194 g/mol. The van der Waals surface area contributed by atoms with Crippen molar-refractivity contribution < 1.29 is 25.2 Å². The van der Waals surface area contributed by atoms with Crippen molar-refractivity contribution >= 4 is 0 Å². The van der Waals surface area contributed by atoms with Gasteiger partial charge in [0.15, 0.2) is 6.29 Å². The van der Waals surface area contributed by atoms with E-state index in [0.717, 1.165) is 0 Å². The first kappa shape index (κ1) is 11.2. The summed E-state index contributed by atoms with van der Waals surface area (Å²) >= 11 is 0. The molecule has 0 aliphatic carbocycles. The minimum absolute atomic E-state index is 0.224. The van der Waals surface area contributed by atoms with Crippen LogP contribution in [0.4, 0.5) is 0 Å². The molecule has 1 rings (SSSR count). The average Bonchev–Trinajstić information content (AvgIpc) is 2.18. The van der Waals surface area contributed by atoms with E-state index in [1.165, 1.54) is 0 Å². The number of aliphatic hydroxyl groups excluding tert-OH is 4. The molecule has 8 nitrogen and oxygen atoms in total. The van der Waals surface area contributed by atoms with Crippen LogP contribution < -0.4 is 0 Å². The van der Waals surface area contributed by atoms with E-state index in [0.29, 0.717) is 0 Å². The maximum Gasteiger partial charge on any atom is 0.183 e. The summed E-state index contributed by atoms with van der Waals surface area (Å²) in [7, 11) is 0. The molecule has 1 aliphatic rings. The van der Waals surface area contributed by atoms with Crippen LogP contribution in [0.2, 0.25) is 0 Å². The zero-order valence-corrected chi connectivity index (χ0v) is 7.13. The normalized spacial score (nSPS) is 43.0. The maximum atomic E-state index is 9.32. The van der Waals surface area contributed by atoms with Crippen LogP contribution in [0.5, 0.6) is 0 Å². The Kier molecular flexibility index (Phi) is 3.64. The monoisotopic (exact) mass is 205 g/mol. The second kappa shape index (κ2) is 4.56. The van der Waals surface area contributed by atoms with E-state index in [4.69, 9.17) is 20.5 Å². The number of azide groups is 1. The Morgan fingerprint density at radius 2 is 1.79 bits per heavy atom. The molecule has 1 saturated heterocycles. The van der Waals surface area contributed by atoms with Gasteiger partial charge in [-0.15, -0.1) is 0 Å². The molecule has 0 amide bonds. The molecule has 0 bridgehead atoms. The molecule has 0 saturated carbocycles. The fourth-order valence-corrected chi connectivity index (χ4v) is 1.20. The van der Waals surface area contributed by atoms with Crippen molar-refractivity contribution in [2.45, 2.75) is 30.7 Å². The molecule has 5 atom stereocenters. The van der Waals surface area contributed by atoms with Gasteiger partial charge in [-0.3, -0.25) is 0 Å². The van der Waals surface area contributed by atoms with E-state index < -0.39 is 30.7 Å². The Bertz CT molecular complexity index is 244. The van der Waals surface area contributed by atoms with Gasteiger partial charge in [0.1, 0.15) is 18.3 Å². The van der Waals surface area contributed by atoms with E-state index in [2.05, 4.69) is 10.0 Å². The first-order valence-corrected chi connectivity index (χ1v) is 3.96. The third-order valence-corrected chi connectivity index (χ3v) is 2.01. The van der Waals surface area contributed by atoms with Crippen molar-refractivity contribution in [3.05, 3.63) is 10.4 Å². The first-order chi connectivity index (χ1) is 6.57. The molecule has 0 aromatic heterocycles. The topological polar surface area (TPSA) is 139 Å². The number of hydrogen-bond donors (Lipinski definition) is 4. The smallest absolute Gasteiger partial charge is 0.183 e. The number of hydrogen-bond acceptors (Lipinski definition) is 6. The van der Waals surface area contributed by atoms with Crippen LogP contribution >= 0.6 is 0 Å². The lowest BCUT2D eigenvalue weighted by molar-refractivity contribution is -0.279. The lowest BCUT2D eigenvalue weighted by Gasteiger charge is -2.37. The standard InChI is InChI=1S/C6H11N3O5/c7-9-8-1-2-3(10)4(11)5(12)6(13)14-2/h2-6,10-13H,1H2/t2?,3?,4?,5-,6?/m0/s1. The lowest BCUT2D eigenvalue weighted by atomic mass is 9.99. The van der Waals surface area contributed by atoms with Crippen molar-refractivity contribution in [2.24, 2.45) is 5.11 Å². The predicted octanol–water partition coefficient (Wildman–Crippen LogP) is -1.90. The molecule has 1 aliphatic heterocycles. The second-order valence-electron chi connectivity index (χ2n) is 2.95. The van der Waals surface area contributed by atoms with E-state index in [1.54, 1.807) is 0 Å². The summed E-state index contributed by atoms with van der Waals surface area (Å²) in [6, 6.07) is 0. The fraction of sp³-hybridized carbons (Fsp3) is 1.00. The van der Waals surface area contributed by atoms with Gasteiger partial charge in [-0.05, 0) is 5.53 Å². The van der Waals surface area contributed by atoms with Gasteiger partial charge in [-0.2, -0.15) is 0 Å². The molecule has 0 aromatic rings. The minimum Gasteiger partial charge on any atom is -0.388 e. The molecule has 4 unspecified atom stereocenters. The Balaban J connectivity index is 2.64. The molecule has 1 fully saturated rings. The van der Waals surface area contributed by atoms with Gasteiger partial charge in [0.2, 0.25) is 0 Å². The highest BCUT2D eigenvalue weighted by atomic mass is 16.6. The van der Waals surface area contributed by atoms with Gasteiger partial charge in [0, 0.05) is 4.91 Å². The van der Waals surface area contributed by atoms with Crippen molar-refractivity contribution in [3.63, 3.8) is 0 Å². The SMILES string of the molecule is [N-]=[N+]=NCC1OC(O)[C@@H](O)C(O)C1O. The third kappa shape index (κ3) is 2.13. The Labute approximate surface area is 79.0 Å².